The summed E-state index contributed by atoms with van der Waals surface area (Å²) in [6, 6.07) is 6.93. The van der Waals surface area contributed by atoms with Crippen LogP contribution in [0.3, 0.4) is 0 Å². The van der Waals surface area contributed by atoms with Crippen LogP contribution in [-0.2, 0) is 11.3 Å². The number of halogens is 1. The van der Waals surface area contributed by atoms with E-state index in [1.165, 1.54) is 20.5 Å². The second kappa shape index (κ2) is 5.79. The predicted molar refractivity (Wildman–Crippen MR) is 89.7 cm³/mol. The largest absolute Gasteiger partial charge is 0.456 e. The molecule has 0 N–H and O–H groups in total. The van der Waals surface area contributed by atoms with Crippen LogP contribution in [0.25, 0.3) is 9.40 Å². The third kappa shape index (κ3) is 2.71. The number of benzene rings is 1. The highest BCUT2D eigenvalue weighted by Gasteiger charge is 2.15. The van der Waals surface area contributed by atoms with Gasteiger partial charge in [0.1, 0.15) is 6.61 Å². The Morgan fingerprint density at radius 1 is 1.29 bits per heavy atom. The van der Waals surface area contributed by atoms with Gasteiger partial charge in [-0.15, -0.1) is 22.7 Å². The molecule has 5 heteroatoms. The quantitative estimate of drug-likeness (QED) is 0.583. The topological polar surface area (TPSA) is 26.3 Å². The second-order valence-electron chi connectivity index (χ2n) is 4.79. The lowest BCUT2D eigenvalue weighted by atomic mass is 10.1. The van der Waals surface area contributed by atoms with Crippen molar-refractivity contribution in [2.75, 3.05) is 0 Å². The van der Waals surface area contributed by atoms with Gasteiger partial charge in [0.25, 0.3) is 0 Å². The molecule has 2 heterocycles. The van der Waals surface area contributed by atoms with Crippen molar-refractivity contribution in [3.05, 3.63) is 56.2 Å². The minimum atomic E-state index is -0.381. The molecule has 3 rings (SSSR count). The number of carbonyl (C=O) groups is 1. The summed E-state index contributed by atoms with van der Waals surface area (Å²) in [7, 11) is 0. The first kappa shape index (κ1) is 14.6. The summed E-state index contributed by atoms with van der Waals surface area (Å²) in [5.41, 5.74) is 2.90. The van der Waals surface area contributed by atoms with Gasteiger partial charge in [0.15, 0.2) is 0 Å². The third-order valence-electron chi connectivity index (χ3n) is 3.38. The fourth-order valence-electron chi connectivity index (χ4n) is 2.25. The molecule has 0 amide bonds. The van der Waals surface area contributed by atoms with Crippen LogP contribution in [0.4, 0.5) is 0 Å². The summed E-state index contributed by atoms with van der Waals surface area (Å²) < 4.78 is 6.69. The van der Waals surface area contributed by atoms with E-state index in [0.29, 0.717) is 17.2 Å². The Labute approximate surface area is 135 Å². The molecule has 2 aromatic heterocycles. The number of esters is 1. The van der Waals surface area contributed by atoms with Gasteiger partial charge in [-0.1, -0.05) is 23.7 Å². The Balaban J connectivity index is 1.79. The average Bonchev–Trinajstić information content (AvgIpc) is 2.98. The number of aryl methyl sites for hydroxylation is 2. The molecule has 0 aliphatic carbocycles. The zero-order valence-electron chi connectivity index (χ0n) is 11.6. The Kier molecular flexibility index (Phi) is 4.02. The van der Waals surface area contributed by atoms with Crippen molar-refractivity contribution in [1.29, 1.82) is 0 Å². The number of hydrogen-bond acceptors (Lipinski definition) is 4. The predicted octanol–water partition coefficient (Wildman–Crippen LogP) is 5.59. The van der Waals surface area contributed by atoms with Gasteiger partial charge in [-0.25, -0.2) is 4.79 Å². The number of hydrogen-bond donors (Lipinski definition) is 0. The number of ether oxygens (including phenoxy) is 1. The lowest BCUT2D eigenvalue weighted by Crippen LogP contribution is -2.05. The lowest BCUT2D eigenvalue weighted by molar-refractivity contribution is 0.0476. The standard InChI is InChI=1S/C16H13ClO2S2/c1-9-8-20-16-14(9)10(2)13(21-16)7-19-15(18)11-5-3-4-6-12(11)17/h3-6,8H,7H2,1-2H3. The van der Waals surface area contributed by atoms with Crippen molar-refractivity contribution >= 4 is 49.6 Å². The van der Waals surface area contributed by atoms with Gasteiger partial charge in [0.05, 0.1) is 14.6 Å². The summed E-state index contributed by atoms with van der Waals surface area (Å²) in [6.45, 7) is 4.48. The maximum atomic E-state index is 12.1. The van der Waals surface area contributed by atoms with Gasteiger partial charge in [0, 0.05) is 10.3 Å². The third-order valence-corrected chi connectivity index (χ3v) is 6.20. The smallest absolute Gasteiger partial charge is 0.340 e. The van der Waals surface area contributed by atoms with Crippen molar-refractivity contribution in [1.82, 2.24) is 0 Å². The SMILES string of the molecule is Cc1csc2sc(COC(=O)c3ccccc3Cl)c(C)c12. The molecule has 0 saturated carbocycles. The Hall–Kier alpha value is -1.36. The molecule has 2 nitrogen and oxygen atoms in total. The van der Waals surface area contributed by atoms with Crippen LogP contribution in [0.1, 0.15) is 26.4 Å². The fourth-order valence-corrected chi connectivity index (χ4v) is 4.94. The van der Waals surface area contributed by atoms with Crippen molar-refractivity contribution in [3.8, 4) is 0 Å². The zero-order valence-corrected chi connectivity index (χ0v) is 14.0. The average molecular weight is 337 g/mol. The van der Waals surface area contributed by atoms with Crippen LogP contribution in [0.2, 0.25) is 5.02 Å². The van der Waals surface area contributed by atoms with E-state index in [1.807, 2.05) is 0 Å². The van der Waals surface area contributed by atoms with Crippen LogP contribution >= 0.6 is 34.3 Å². The normalized spacial score (nSPS) is 11.0. The van der Waals surface area contributed by atoms with Gasteiger partial charge >= 0.3 is 5.97 Å². The highest BCUT2D eigenvalue weighted by atomic mass is 35.5. The van der Waals surface area contributed by atoms with E-state index in [9.17, 15) is 4.79 Å². The zero-order chi connectivity index (χ0) is 15.0. The molecule has 0 atom stereocenters. The Morgan fingerprint density at radius 3 is 2.76 bits per heavy atom. The maximum Gasteiger partial charge on any atom is 0.340 e. The molecule has 0 unspecified atom stereocenters. The summed E-state index contributed by atoms with van der Waals surface area (Å²) in [4.78, 5) is 13.2. The Morgan fingerprint density at radius 2 is 2.05 bits per heavy atom. The van der Waals surface area contributed by atoms with Gasteiger partial charge < -0.3 is 4.74 Å². The van der Waals surface area contributed by atoms with Crippen molar-refractivity contribution < 1.29 is 9.53 Å². The fraction of sp³-hybridized carbons (Fsp3) is 0.188. The number of rotatable bonds is 3. The molecule has 0 aliphatic rings. The summed E-state index contributed by atoms with van der Waals surface area (Å²) in [6.07, 6.45) is 0. The summed E-state index contributed by atoms with van der Waals surface area (Å²) in [5.74, 6) is -0.381. The first-order valence-electron chi connectivity index (χ1n) is 6.45. The molecule has 0 aliphatic heterocycles. The molecular weight excluding hydrogens is 324 g/mol. The Bertz CT molecular complexity index is 817. The second-order valence-corrected chi connectivity index (χ2v) is 7.44. The summed E-state index contributed by atoms with van der Waals surface area (Å²) in [5, 5.41) is 3.88. The van der Waals surface area contributed by atoms with Gasteiger partial charge in [0.2, 0.25) is 0 Å². The number of thiophene rings is 2. The van der Waals surface area contributed by atoms with Gasteiger partial charge in [-0.2, -0.15) is 0 Å². The van der Waals surface area contributed by atoms with E-state index in [4.69, 9.17) is 16.3 Å². The van der Waals surface area contributed by atoms with Crippen LogP contribution in [0.5, 0.6) is 0 Å². The minimum absolute atomic E-state index is 0.293. The van der Waals surface area contributed by atoms with Crippen molar-refractivity contribution in [2.24, 2.45) is 0 Å². The van der Waals surface area contributed by atoms with E-state index in [0.717, 1.165) is 4.88 Å². The molecule has 21 heavy (non-hydrogen) atoms. The van der Waals surface area contributed by atoms with E-state index < -0.39 is 0 Å². The van der Waals surface area contributed by atoms with E-state index in [2.05, 4.69) is 19.2 Å². The number of fused-ring (bicyclic) bond motifs is 1. The molecule has 0 fully saturated rings. The molecule has 0 spiro atoms. The molecule has 0 radical (unpaired) electrons. The van der Waals surface area contributed by atoms with Crippen molar-refractivity contribution in [2.45, 2.75) is 20.5 Å². The van der Waals surface area contributed by atoms with Crippen LogP contribution in [-0.4, -0.2) is 5.97 Å². The molecule has 108 valence electrons. The minimum Gasteiger partial charge on any atom is -0.456 e. The monoisotopic (exact) mass is 336 g/mol. The van der Waals surface area contributed by atoms with Crippen LogP contribution in [0.15, 0.2) is 29.6 Å². The van der Waals surface area contributed by atoms with Crippen molar-refractivity contribution in [3.63, 3.8) is 0 Å². The molecule has 3 aromatic rings. The van der Waals surface area contributed by atoms with E-state index in [-0.39, 0.29) is 5.97 Å². The number of carbonyl (C=O) groups excluding carboxylic acids is 1. The first-order chi connectivity index (χ1) is 10.1. The van der Waals surface area contributed by atoms with Crippen LogP contribution in [0, 0.1) is 13.8 Å². The first-order valence-corrected chi connectivity index (χ1v) is 8.53. The summed E-state index contributed by atoms with van der Waals surface area (Å²) >= 11 is 9.44. The van der Waals surface area contributed by atoms with Gasteiger partial charge in [-0.3, -0.25) is 0 Å². The molecular formula is C16H13ClO2S2. The highest BCUT2D eigenvalue weighted by Crippen LogP contribution is 2.37. The molecule has 1 aromatic carbocycles. The van der Waals surface area contributed by atoms with E-state index in [1.54, 1.807) is 46.9 Å². The highest BCUT2D eigenvalue weighted by molar-refractivity contribution is 7.37. The molecule has 0 bridgehead atoms. The molecule has 0 saturated heterocycles. The lowest BCUT2D eigenvalue weighted by Gasteiger charge is -2.05. The van der Waals surface area contributed by atoms with E-state index >= 15 is 0 Å². The maximum absolute atomic E-state index is 12.1. The van der Waals surface area contributed by atoms with Gasteiger partial charge in [-0.05, 0) is 42.5 Å². The van der Waals surface area contributed by atoms with Crippen LogP contribution < -0.4 is 0 Å².